The SMILES string of the molecule is N/C(=N/O)c1c(Cl)cccc1OCc1cccc(Cl)c1F. The van der Waals surface area contributed by atoms with Crippen molar-refractivity contribution in [1.82, 2.24) is 0 Å². The van der Waals surface area contributed by atoms with Crippen LogP contribution in [0.2, 0.25) is 10.0 Å². The van der Waals surface area contributed by atoms with Gasteiger partial charge in [-0.15, -0.1) is 0 Å². The minimum Gasteiger partial charge on any atom is -0.488 e. The molecule has 0 spiro atoms. The molecule has 0 aliphatic rings. The molecular formula is C14H11Cl2FN2O2. The zero-order valence-electron chi connectivity index (χ0n) is 10.7. The van der Waals surface area contributed by atoms with E-state index >= 15 is 0 Å². The van der Waals surface area contributed by atoms with Crippen molar-refractivity contribution in [2.75, 3.05) is 0 Å². The predicted octanol–water partition coefficient (Wildman–Crippen LogP) is 3.81. The second-order valence-corrected chi connectivity index (χ2v) is 4.91. The van der Waals surface area contributed by atoms with E-state index in [1.54, 1.807) is 30.3 Å². The number of hydrogen-bond donors (Lipinski definition) is 2. The Morgan fingerprint density at radius 2 is 1.86 bits per heavy atom. The molecule has 0 bridgehead atoms. The number of nitrogens with two attached hydrogens (primary N) is 1. The van der Waals surface area contributed by atoms with E-state index in [9.17, 15) is 4.39 Å². The molecule has 0 saturated carbocycles. The second kappa shape index (κ2) is 6.65. The van der Waals surface area contributed by atoms with Crippen LogP contribution in [0.3, 0.4) is 0 Å². The minimum atomic E-state index is -0.549. The normalized spacial score (nSPS) is 11.5. The summed E-state index contributed by atoms with van der Waals surface area (Å²) >= 11 is 11.7. The first-order chi connectivity index (χ1) is 10.0. The molecular weight excluding hydrogens is 318 g/mol. The molecule has 0 fully saturated rings. The highest BCUT2D eigenvalue weighted by molar-refractivity contribution is 6.34. The van der Waals surface area contributed by atoms with Gasteiger partial charge in [-0.25, -0.2) is 4.39 Å². The van der Waals surface area contributed by atoms with Crippen LogP contribution >= 0.6 is 23.2 Å². The van der Waals surface area contributed by atoms with Gasteiger partial charge in [-0.1, -0.05) is 46.6 Å². The van der Waals surface area contributed by atoms with Crippen LogP contribution in [0.1, 0.15) is 11.1 Å². The summed E-state index contributed by atoms with van der Waals surface area (Å²) in [5, 5.41) is 11.9. The third-order valence-electron chi connectivity index (χ3n) is 2.75. The van der Waals surface area contributed by atoms with E-state index in [1.807, 2.05) is 0 Å². The van der Waals surface area contributed by atoms with E-state index in [4.69, 9.17) is 38.9 Å². The van der Waals surface area contributed by atoms with Gasteiger partial charge in [0.15, 0.2) is 5.84 Å². The van der Waals surface area contributed by atoms with Crippen LogP contribution in [0, 0.1) is 5.82 Å². The fourth-order valence-electron chi connectivity index (χ4n) is 1.74. The average Bonchev–Trinajstić information content (AvgIpc) is 2.48. The lowest BCUT2D eigenvalue weighted by Crippen LogP contribution is -2.15. The predicted molar refractivity (Wildman–Crippen MR) is 79.7 cm³/mol. The van der Waals surface area contributed by atoms with Gasteiger partial charge in [0, 0.05) is 5.56 Å². The monoisotopic (exact) mass is 328 g/mol. The number of rotatable bonds is 4. The molecule has 0 saturated heterocycles. The van der Waals surface area contributed by atoms with E-state index in [1.165, 1.54) is 6.07 Å². The third kappa shape index (κ3) is 3.37. The molecule has 0 atom stereocenters. The molecule has 2 aromatic rings. The van der Waals surface area contributed by atoms with Gasteiger partial charge < -0.3 is 15.7 Å². The number of amidine groups is 1. The summed E-state index contributed by atoms with van der Waals surface area (Å²) in [6.07, 6.45) is 0. The van der Waals surface area contributed by atoms with Crippen LogP contribution in [0.5, 0.6) is 5.75 Å². The molecule has 0 aromatic heterocycles. The molecule has 2 aromatic carbocycles. The van der Waals surface area contributed by atoms with Crippen molar-refractivity contribution >= 4 is 29.0 Å². The van der Waals surface area contributed by atoms with Gasteiger partial charge in [-0.3, -0.25) is 0 Å². The van der Waals surface area contributed by atoms with Gasteiger partial charge in [-0.05, 0) is 18.2 Å². The first-order valence-electron chi connectivity index (χ1n) is 5.86. The van der Waals surface area contributed by atoms with E-state index in [2.05, 4.69) is 5.16 Å². The third-order valence-corrected chi connectivity index (χ3v) is 3.36. The van der Waals surface area contributed by atoms with Gasteiger partial charge in [0.1, 0.15) is 18.2 Å². The molecule has 3 N–H and O–H groups in total. The molecule has 0 unspecified atom stereocenters. The van der Waals surface area contributed by atoms with E-state index < -0.39 is 5.82 Å². The topological polar surface area (TPSA) is 67.8 Å². The van der Waals surface area contributed by atoms with Crippen molar-refractivity contribution in [2.24, 2.45) is 10.9 Å². The largest absolute Gasteiger partial charge is 0.488 e. The highest BCUT2D eigenvalue weighted by Gasteiger charge is 2.14. The van der Waals surface area contributed by atoms with Gasteiger partial charge >= 0.3 is 0 Å². The molecule has 0 aliphatic heterocycles. The van der Waals surface area contributed by atoms with Crippen molar-refractivity contribution in [3.63, 3.8) is 0 Å². The summed E-state index contributed by atoms with van der Waals surface area (Å²) in [5.41, 5.74) is 6.08. The van der Waals surface area contributed by atoms with E-state index in [0.29, 0.717) is 0 Å². The molecule has 21 heavy (non-hydrogen) atoms. The zero-order chi connectivity index (χ0) is 15.4. The van der Waals surface area contributed by atoms with Crippen molar-refractivity contribution in [3.05, 3.63) is 63.4 Å². The summed E-state index contributed by atoms with van der Waals surface area (Å²) in [6, 6.07) is 9.41. The summed E-state index contributed by atoms with van der Waals surface area (Å²) in [5.74, 6) is -0.467. The Balaban J connectivity index is 2.29. The summed E-state index contributed by atoms with van der Waals surface area (Å²) in [4.78, 5) is 0. The Morgan fingerprint density at radius 1 is 1.19 bits per heavy atom. The van der Waals surface area contributed by atoms with Crippen LogP contribution in [0.15, 0.2) is 41.6 Å². The van der Waals surface area contributed by atoms with Crippen LogP contribution in [0.25, 0.3) is 0 Å². The fourth-order valence-corrected chi connectivity index (χ4v) is 2.20. The quantitative estimate of drug-likeness (QED) is 0.388. The number of ether oxygens (including phenoxy) is 1. The number of nitrogens with zero attached hydrogens (tertiary/aromatic N) is 1. The van der Waals surface area contributed by atoms with Gasteiger partial charge in [0.25, 0.3) is 0 Å². The first-order valence-corrected chi connectivity index (χ1v) is 6.62. The van der Waals surface area contributed by atoms with Gasteiger partial charge in [-0.2, -0.15) is 0 Å². The van der Waals surface area contributed by atoms with Crippen molar-refractivity contribution in [2.45, 2.75) is 6.61 Å². The Kier molecular flexibility index (Phi) is 4.88. The highest BCUT2D eigenvalue weighted by atomic mass is 35.5. The minimum absolute atomic E-state index is 0.0128. The fraction of sp³-hybridized carbons (Fsp3) is 0.0714. The number of halogens is 3. The number of benzene rings is 2. The molecule has 4 nitrogen and oxygen atoms in total. The lowest BCUT2D eigenvalue weighted by Gasteiger charge is -2.12. The molecule has 0 radical (unpaired) electrons. The Hall–Kier alpha value is -1.98. The van der Waals surface area contributed by atoms with Crippen LogP contribution in [-0.2, 0) is 6.61 Å². The highest BCUT2D eigenvalue weighted by Crippen LogP contribution is 2.27. The number of oxime groups is 1. The van der Waals surface area contributed by atoms with Crippen molar-refractivity contribution < 1.29 is 14.3 Å². The van der Waals surface area contributed by atoms with Crippen LogP contribution < -0.4 is 10.5 Å². The van der Waals surface area contributed by atoms with Crippen molar-refractivity contribution in [3.8, 4) is 5.75 Å². The lowest BCUT2D eigenvalue weighted by atomic mass is 10.1. The maximum atomic E-state index is 13.8. The standard InChI is InChI=1S/C14H11Cl2FN2O2/c15-9-4-2-6-11(12(9)14(18)19-20)21-7-8-3-1-5-10(16)13(8)17/h1-6,20H,7H2,(H2,18,19). The Labute approximate surface area is 130 Å². The van der Waals surface area contributed by atoms with Crippen LogP contribution in [-0.4, -0.2) is 11.0 Å². The van der Waals surface area contributed by atoms with E-state index in [0.717, 1.165) is 0 Å². The molecule has 0 heterocycles. The van der Waals surface area contributed by atoms with Crippen molar-refractivity contribution in [1.29, 1.82) is 0 Å². The van der Waals surface area contributed by atoms with Gasteiger partial charge in [0.2, 0.25) is 0 Å². The first kappa shape index (κ1) is 15.4. The Bertz CT molecular complexity index is 693. The van der Waals surface area contributed by atoms with Gasteiger partial charge in [0.05, 0.1) is 15.6 Å². The summed E-state index contributed by atoms with van der Waals surface area (Å²) in [6.45, 7) is -0.0710. The lowest BCUT2D eigenvalue weighted by molar-refractivity contribution is 0.297. The molecule has 110 valence electrons. The maximum absolute atomic E-state index is 13.8. The van der Waals surface area contributed by atoms with Crippen LogP contribution in [0.4, 0.5) is 4.39 Å². The summed E-state index contributed by atoms with van der Waals surface area (Å²) < 4.78 is 19.3. The smallest absolute Gasteiger partial charge is 0.175 e. The Morgan fingerprint density at radius 3 is 2.57 bits per heavy atom. The average molecular weight is 329 g/mol. The van der Waals surface area contributed by atoms with E-state index in [-0.39, 0.29) is 39.4 Å². The maximum Gasteiger partial charge on any atom is 0.175 e. The molecule has 7 heteroatoms. The zero-order valence-corrected chi connectivity index (χ0v) is 12.2. The summed E-state index contributed by atoms with van der Waals surface area (Å²) in [7, 11) is 0. The number of hydrogen-bond acceptors (Lipinski definition) is 3. The second-order valence-electron chi connectivity index (χ2n) is 4.10. The molecule has 0 amide bonds. The molecule has 2 rings (SSSR count). The molecule has 0 aliphatic carbocycles.